The maximum atomic E-state index is 8.20. The van der Waals surface area contributed by atoms with Crippen LogP contribution in [-0.4, -0.2) is 37.5 Å². The van der Waals surface area contributed by atoms with Crippen molar-refractivity contribution in [1.82, 2.24) is 0 Å². The van der Waals surface area contributed by atoms with Crippen LogP contribution in [0.2, 0.25) is 0 Å². The molecule has 2 fully saturated rings. The largest absolute Gasteiger partial charge is 0.378 e. The van der Waals surface area contributed by atoms with Crippen molar-refractivity contribution >= 4 is 0 Å². The molecule has 0 amide bonds. The molecule has 0 aromatic heterocycles. The van der Waals surface area contributed by atoms with Crippen LogP contribution in [0.3, 0.4) is 0 Å². The second-order valence-corrected chi connectivity index (χ2v) is 6.15. The lowest BCUT2D eigenvalue weighted by molar-refractivity contribution is -0.00639. The molecule has 2 aliphatic heterocycles. The first-order chi connectivity index (χ1) is 9.43. The van der Waals surface area contributed by atoms with E-state index in [1.807, 2.05) is 6.92 Å². The van der Waals surface area contributed by atoms with Gasteiger partial charge in [-0.1, -0.05) is 33.8 Å². The summed E-state index contributed by atoms with van der Waals surface area (Å²) in [5, 5.41) is 3.65. The van der Waals surface area contributed by atoms with Crippen LogP contribution in [0.15, 0.2) is 5.11 Å². The summed E-state index contributed by atoms with van der Waals surface area (Å²) >= 11 is 0. The quantitative estimate of drug-likeness (QED) is 0.447. The SMILES string of the molecule is C.C.C[C@H]1C[C@H](C)[C@H](N)CO1.C[C@H]1C[C@H](C)[C@H](N=[N+]=[N-])CO1. The molecule has 0 unspecified atom stereocenters. The highest BCUT2D eigenvalue weighted by Gasteiger charge is 2.24. The molecule has 2 saturated heterocycles. The summed E-state index contributed by atoms with van der Waals surface area (Å²) < 4.78 is 10.7. The van der Waals surface area contributed by atoms with Crippen LogP contribution in [0.4, 0.5) is 0 Å². The summed E-state index contributed by atoms with van der Waals surface area (Å²) in [6.07, 6.45) is 2.83. The van der Waals surface area contributed by atoms with E-state index in [0.717, 1.165) is 19.4 Å². The molecule has 0 bridgehead atoms. The van der Waals surface area contributed by atoms with Crippen molar-refractivity contribution < 1.29 is 9.47 Å². The summed E-state index contributed by atoms with van der Waals surface area (Å²) in [6, 6.07) is 0.303. The van der Waals surface area contributed by atoms with Crippen molar-refractivity contribution in [2.45, 2.75) is 79.7 Å². The van der Waals surface area contributed by atoms with E-state index in [2.05, 4.69) is 30.8 Å². The Balaban J connectivity index is 0. The van der Waals surface area contributed by atoms with E-state index in [1.165, 1.54) is 0 Å². The van der Waals surface area contributed by atoms with Crippen LogP contribution in [0.5, 0.6) is 0 Å². The Morgan fingerprint density at radius 1 is 0.955 bits per heavy atom. The van der Waals surface area contributed by atoms with Gasteiger partial charge in [-0.25, -0.2) is 0 Å². The smallest absolute Gasteiger partial charge is 0.0634 e. The van der Waals surface area contributed by atoms with E-state index in [1.54, 1.807) is 0 Å². The van der Waals surface area contributed by atoms with E-state index >= 15 is 0 Å². The lowest BCUT2D eigenvalue weighted by atomic mass is 9.94. The number of hydrogen-bond acceptors (Lipinski definition) is 4. The number of rotatable bonds is 1. The molecular weight excluding hydrogens is 280 g/mol. The molecule has 2 aliphatic rings. The zero-order valence-corrected chi connectivity index (χ0v) is 13.0. The first kappa shape index (κ1) is 23.5. The molecule has 0 aromatic rings. The fraction of sp³-hybridized carbons (Fsp3) is 1.00. The first-order valence-corrected chi connectivity index (χ1v) is 7.47. The van der Waals surface area contributed by atoms with Crippen molar-refractivity contribution in [2.24, 2.45) is 22.7 Å². The van der Waals surface area contributed by atoms with Crippen molar-refractivity contribution in [2.75, 3.05) is 13.2 Å². The first-order valence-electron chi connectivity index (χ1n) is 7.47. The third-order valence-electron chi connectivity index (χ3n) is 4.12. The number of nitrogens with zero attached hydrogens (tertiary/aromatic N) is 3. The Labute approximate surface area is 136 Å². The van der Waals surface area contributed by atoms with E-state index in [4.69, 9.17) is 20.7 Å². The third-order valence-corrected chi connectivity index (χ3v) is 4.12. The minimum atomic E-state index is 0. The molecule has 132 valence electrons. The van der Waals surface area contributed by atoms with Crippen LogP contribution in [0.1, 0.15) is 55.4 Å². The maximum Gasteiger partial charge on any atom is 0.0634 e. The second kappa shape index (κ2) is 11.7. The minimum Gasteiger partial charge on any atom is -0.378 e. The number of azide groups is 1. The van der Waals surface area contributed by atoms with E-state index in [0.29, 0.717) is 30.7 Å². The number of nitrogens with two attached hydrogens (primary N) is 1. The maximum absolute atomic E-state index is 8.20. The minimum absolute atomic E-state index is 0. The molecule has 0 radical (unpaired) electrons. The van der Waals surface area contributed by atoms with Gasteiger partial charge in [0.2, 0.25) is 0 Å². The van der Waals surface area contributed by atoms with Gasteiger partial charge >= 0.3 is 0 Å². The highest BCUT2D eigenvalue weighted by atomic mass is 16.5. The predicted octanol–water partition coefficient (Wildman–Crippen LogP) is 4.14. The Kier molecular flexibility index (Phi) is 12.5. The van der Waals surface area contributed by atoms with E-state index in [9.17, 15) is 0 Å². The number of hydrogen-bond donors (Lipinski definition) is 1. The Hall–Kier alpha value is -0.810. The van der Waals surface area contributed by atoms with Gasteiger partial charge in [0.1, 0.15) is 0 Å². The monoisotopic (exact) mass is 316 g/mol. The molecule has 0 aromatic carbocycles. The standard InChI is InChI=1S/C7H13N3O.C7H15NO.2CH4/c1-5-3-6(2)11-4-7(5)9-10-8;1-5-3-6(2)9-4-7(5)8;;/h5-7H,3-4H2,1-2H3;5-7H,3-4,8H2,1-2H3;2*1H4/t2*5-,6-,7+;;/m00../s1. The Bertz CT molecular complexity index is 334. The molecule has 22 heavy (non-hydrogen) atoms. The second-order valence-electron chi connectivity index (χ2n) is 6.15. The van der Waals surface area contributed by atoms with Crippen LogP contribution >= 0.6 is 0 Å². The Morgan fingerprint density at radius 2 is 1.45 bits per heavy atom. The van der Waals surface area contributed by atoms with Crippen LogP contribution in [-0.2, 0) is 9.47 Å². The van der Waals surface area contributed by atoms with Crippen molar-refractivity contribution in [1.29, 1.82) is 0 Å². The van der Waals surface area contributed by atoms with Gasteiger partial charge in [-0.3, -0.25) is 0 Å². The highest BCUT2D eigenvalue weighted by Crippen LogP contribution is 2.22. The van der Waals surface area contributed by atoms with Gasteiger partial charge in [-0.05, 0) is 44.1 Å². The van der Waals surface area contributed by atoms with E-state index in [-0.39, 0.29) is 26.9 Å². The molecular formula is C16H36N4O2. The third kappa shape index (κ3) is 7.99. The topological polar surface area (TPSA) is 93.2 Å². The zero-order chi connectivity index (χ0) is 15.1. The molecule has 0 saturated carbocycles. The summed E-state index contributed by atoms with van der Waals surface area (Å²) in [4.78, 5) is 2.78. The predicted molar refractivity (Wildman–Crippen MR) is 92.8 cm³/mol. The summed E-state index contributed by atoms with van der Waals surface area (Å²) in [7, 11) is 0. The van der Waals surface area contributed by atoms with Crippen molar-refractivity contribution in [3.8, 4) is 0 Å². The fourth-order valence-corrected chi connectivity index (χ4v) is 2.60. The van der Waals surface area contributed by atoms with Gasteiger partial charge in [-0.2, -0.15) is 0 Å². The average molecular weight is 316 g/mol. The molecule has 6 heteroatoms. The zero-order valence-electron chi connectivity index (χ0n) is 13.0. The van der Waals surface area contributed by atoms with Gasteiger partial charge in [0, 0.05) is 11.0 Å². The fourth-order valence-electron chi connectivity index (χ4n) is 2.60. The number of ether oxygens (including phenoxy) is 2. The lowest BCUT2D eigenvalue weighted by Gasteiger charge is -2.29. The van der Waals surface area contributed by atoms with Gasteiger partial charge < -0.3 is 15.2 Å². The van der Waals surface area contributed by atoms with Gasteiger partial charge in [0.05, 0.1) is 31.5 Å². The highest BCUT2D eigenvalue weighted by molar-refractivity contribution is 4.79. The van der Waals surface area contributed by atoms with Gasteiger partial charge in [0.15, 0.2) is 0 Å². The van der Waals surface area contributed by atoms with Crippen LogP contribution < -0.4 is 5.73 Å². The van der Waals surface area contributed by atoms with Crippen molar-refractivity contribution in [3.63, 3.8) is 0 Å². The molecule has 2 N–H and O–H groups in total. The van der Waals surface area contributed by atoms with Crippen molar-refractivity contribution in [3.05, 3.63) is 10.4 Å². The molecule has 2 heterocycles. The van der Waals surface area contributed by atoms with Gasteiger partial charge in [-0.15, -0.1) is 0 Å². The molecule has 2 rings (SSSR count). The molecule has 0 spiro atoms. The summed E-state index contributed by atoms with van der Waals surface area (Å²) in [6.45, 7) is 9.74. The lowest BCUT2D eigenvalue weighted by Crippen LogP contribution is -2.40. The Morgan fingerprint density at radius 3 is 1.86 bits per heavy atom. The molecule has 6 atom stereocenters. The van der Waals surface area contributed by atoms with Crippen LogP contribution in [0, 0.1) is 11.8 Å². The molecule has 6 nitrogen and oxygen atoms in total. The van der Waals surface area contributed by atoms with Gasteiger partial charge in [0.25, 0.3) is 0 Å². The van der Waals surface area contributed by atoms with Crippen LogP contribution in [0.25, 0.3) is 10.4 Å². The summed E-state index contributed by atoms with van der Waals surface area (Å²) in [5.74, 6) is 1.09. The average Bonchev–Trinajstić information content (AvgIpc) is 2.39. The summed E-state index contributed by atoms with van der Waals surface area (Å²) in [5.41, 5.74) is 13.9. The normalized spacial score (nSPS) is 37.3. The van der Waals surface area contributed by atoms with E-state index < -0.39 is 0 Å². The molecule has 0 aliphatic carbocycles.